The van der Waals surface area contributed by atoms with Gasteiger partial charge < -0.3 is 5.73 Å². The summed E-state index contributed by atoms with van der Waals surface area (Å²) < 4.78 is 0. The number of aliphatic imine (C=N–C) groups is 1. The summed E-state index contributed by atoms with van der Waals surface area (Å²) in [6, 6.07) is 9.24. The molecule has 3 heteroatoms. The Hall–Kier alpha value is -1.64. The monoisotopic (exact) mass is 176 g/mol. The van der Waals surface area contributed by atoms with Crippen molar-refractivity contribution in [1.29, 1.82) is 0 Å². The Kier molecular flexibility index (Phi) is 3.20. The van der Waals surface area contributed by atoms with Gasteiger partial charge in [0, 0.05) is 12.0 Å². The number of hydrogen-bond acceptors (Lipinski definition) is 1. The Morgan fingerprint density at radius 1 is 1.38 bits per heavy atom. The van der Waals surface area contributed by atoms with Gasteiger partial charge in [-0.2, -0.15) is 4.99 Å². The molecule has 0 aliphatic carbocycles. The molecule has 0 bridgehead atoms. The first-order valence-electron chi connectivity index (χ1n) is 4.16. The third-order valence-corrected chi connectivity index (χ3v) is 1.62. The molecule has 1 aromatic carbocycles. The first-order chi connectivity index (χ1) is 6.24. The molecule has 0 fully saturated rings. The summed E-state index contributed by atoms with van der Waals surface area (Å²) in [6.07, 6.45) is 0.382. The zero-order valence-electron chi connectivity index (χ0n) is 7.53. The van der Waals surface area contributed by atoms with E-state index in [9.17, 15) is 4.79 Å². The summed E-state index contributed by atoms with van der Waals surface area (Å²) >= 11 is 0. The van der Waals surface area contributed by atoms with Crippen LogP contribution in [-0.2, 0) is 4.79 Å². The number of amides is 1. The van der Waals surface area contributed by atoms with Crippen molar-refractivity contribution in [3.8, 4) is 0 Å². The highest BCUT2D eigenvalue weighted by Gasteiger charge is 1.99. The summed E-state index contributed by atoms with van der Waals surface area (Å²) in [6.45, 7) is 1.75. The van der Waals surface area contributed by atoms with Gasteiger partial charge >= 0.3 is 0 Å². The standard InChI is InChI=1S/C10H12N2O/c1-2-9(13)12-10(11)8-6-4-3-5-7-8/h3-7H,2H2,1H3,(H2,11,12,13). The molecule has 0 aliphatic heterocycles. The molecule has 3 nitrogen and oxygen atoms in total. The molecule has 13 heavy (non-hydrogen) atoms. The van der Waals surface area contributed by atoms with Gasteiger partial charge in [-0.1, -0.05) is 37.3 Å². The first kappa shape index (κ1) is 9.45. The molecule has 1 aromatic rings. The van der Waals surface area contributed by atoms with Crippen molar-refractivity contribution >= 4 is 11.7 Å². The summed E-state index contributed by atoms with van der Waals surface area (Å²) in [5.41, 5.74) is 6.38. The lowest BCUT2D eigenvalue weighted by Crippen LogP contribution is -2.15. The molecule has 1 amide bonds. The number of hydrogen-bond donors (Lipinski definition) is 1. The van der Waals surface area contributed by atoms with Crippen LogP contribution in [0.1, 0.15) is 18.9 Å². The first-order valence-corrected chi connectivity index (χ1v) is 4.16. The molecule has 0 aromatic heterocycles. The van der Waals surface area contributed by atoms with Gasteiger partial charge in [0.15, 0.2) is 0 Å². The maximum absolute atomic E-state index is 10.9. The van der Waals surface area contributed by atoms with Gasteiger partial charge in [-0.15, -0.1) is 0 Å². The summed E-state index contributed by atoms with van der Waals surface area (Å²) in [7, 11) is 0. The van der Waals surface area contributed by atoms with Crippen molar-refractivity contribution in [2.45, 2.75) is 13.3 Å². The number of carbonyl (C=O) groups excluding carboxylic acids is 1. The van der Waals surface area contributed by atoms with E-state index >= 15 is 0 Å². The van der Waals surface area contributed by atoms with E-state index in [0.29, 0.717) is 6.42 Å². The predicted octanol–water partition coefficient (Wildman–Crippen LogP) is 1.33. The Morgan fingerprint density at radius 2 is 2.00 bits per heavy atom. The smallest absolute Gasteiger partial charge is 0.247 e. The normalized spacial score (nSPS) is 11.3. The Bertz CT molecular complexity index is 317. The number of nitrogens with two attached hydrogens (primary N) is 1. The fraction of sp³-hybridized carbons (Fsp3) is 0.200. The topological polar surface area (TPSA) is 55.5 Å². The summed E-state index contributed by atoms with van der Waals surface area (Å²) in [5.74, 6) is 0.0915. The summed E-state index contributed by atoms with van der Waals surface area (Å²) in [4.78, 5) is 14.6. The molecule has 0 saturated heterocycles. The van der Waals surface area contributed by atoms with E-state index in [4.69, 9.17) is 5.73 Å². The molecule has 0 heterocycles. The van der Waals surface area contributed by atoms with E-state index in [1.807, 2.05) is 30.3 Å². The Balaban J connectivity index is 2.85. The molecule has 1 rings (SSSR count). The molecule has 0 spiro atoms. The predicted molar refractivity (Wildman–Crippen MR) is 52.5 cm³/mol. The highest BCUT2D eigenvalue weighted by Crippen LogP contribution is 1.98. The molecule has 0 aliphatic rings. The van der Waals surface area contributed by atoms with E-state index in [-0.39, 0.29) is 11.7 Å². The van der Waals surface area contributed by atoms with Crippen LogP contribution in [-0.4, -0.2) is 11.7 Å². The second-order valence-electron chi connectivity index (χ2n) is 2.61. The zero-order valence-corrected chi connectivity index (χ0v) is 7.53. The van der Waals surface area contributed by atoms with Crippen LogP contribution in [0.3, 0.4) is 0 Å². The van der Waals surface area contributed by atoms with Gasteiger partial charge in [-0.05, 0) is 0 Å². The molecule has 0 unspecified atom stereocenters. The minimum absolute atomic E-state index is 0.193. The lowest BCUT2D eigenvalue weighted by molar-refractivity contribution is -0.117. The van der Waals surface area contributed by atoms with Crippen molar-refractivity contribution in [2.75, 3.05) is 0 Å². The lowest BCUT2D eigenvalue weighted by atomic mass is 10.2. The number of benzene rings is 1. The van der Waals surface area contributed by atoms with E-state index < -0.39 is 0 Å². The molecule has 0 atom stereocenters. The van der Waals surface area contributed by atoms with Crippen molar-refractivity contribution in [3.05, 3.63) is 35.9 Å². The SMILES string of the molecule is CCC(=O)N=C(N)c1ccccc1. The average Bonchev–Trinajstić information content (AvgIpc) is 2.19. The molecular weight excluding hydrogens is 164 g/mol. The van der Waals surface area contributed by atoms with Crippen LogP contribution in [0.4, 0.5) is 0 Å². The highest BCUT2D eigenvalue weighted by molar-refractivity contribution is 6.03. The zero-order chi connectivity index (χ0) is 9.68. The van der Waals surface area contributed by atoms with Gasteiger partial charge in [-0.3, -0.25) is 4.79 Å². The third kappa shape index (κ3) is 2.71. The highest BCUT2D eigenvalue weighted by atomic mass is 16.1. The quantitative estimate of drug-likeness (QED) is 0.546. The van der Waals surface area contributed by atoms with Crippen LogP contribution in [0.5, 0.6) is 0 Å². The molecule has 0 saturated carbocycles. The van der Waals surface area contributed by atoms with Crippen LogP contribution in [0.2, 0.25) is 0 Å². The van der Waals surface area contributed by atoms with Crippen LogP contribution < -0.4 is 5.73 Å². The number of carbonyl (C=O) groups is 1. The minimum Gasteiger partial charge on any atom is -0.383 e. The van der Waals surface area contributed by atoms with Gasteiger partial charge in [0.1, 0.15) is 5.84 Å². The van der Waals surface area contributed by atoms with Gasteiger partial charge in [-0.25, -0.2) is 0 Å². The van der Waals surface area contributed by atoms with Crippen molar-refractivity contribution < 1.29 is 4.79 Å². The second kappa shape index (κ2) is 4.40. The van der Waals surface area contributed by atoms with E-state index in [2.05, 4.69) is 4.99 Å². The Morgan fingerprint density at radius 3 is 2.54 bits per heavy atom. The summed E-state index contributed by atoms with van der Waals surface area (Å²) in [5, 5.41) is 0. The van der Waals surface area contributed by atoms with Crippen LogP contribution >= 0.6 is 0 Å². The van der Waals surface area contributed by atoms with E-state index in [1.54, 1.807) is 6.92 Å². The van der Waals surface area contributed by atoms with E-state index in [1.165, 1.54) is 0 Å². The largest absolute Gasteiger partial charge is 0.383 e. The Labute approximate surface area is 77.3 Å². The molecule has 2 N–H and O–H groups in total. The average molecular weight is 176 g/mol. The van der Waals surface area contributed by atoms with Crippen LogP contribution in [0.25, 0.3) is 0 Å². The van der Waals surface area contributed by atoms with Crippen molar-refractivity contribution in [3.63, 3.8) is 0 Å². The second-order valence-corrected chi connectivity index (χ2v) is 2.61. The third-order valence-electron chi connectivity index (χ3n) is 1.62. The maximum Gasteiger partial charge on any atom is 0.247 e. The van der Waals surface area contributed by atoms with Gasteiger partial charge in [0.25, 0.3) is 0 Å². The minimum atomic E-state index is -0.193. The molecule has 0 radical (unpaired) electrons. The number of amidine groups is 1. The fourth-order valence-electron chi connectivity index (χ4n) is 0.887. The lowest BCUT2D eigenvalue weighted by Gasteiger charge is -1.98. The number of rotatable bonds is 2. The number of nitrogens with zero attached hydrogens (tertiary/aromatic N) is 1. The van der Waals surface area contributed by atoms with Gasteiger partial charge in [0.05, 0.1) is 0 Å². The van der Waals surface area contributed by atoms with E-state index in [0.717, 1.165) is 5.56 Å². The maximum atomic E-state index is 10.9. The van der Waals surface area contributed by atoms with Crippen molar-refractivity contribution in [2.24, 2.45) is 10.7 Å². The van der Waals surface area contributed by atoms with Crippen LogP contribution in [0, 0.1) is 0 Å². The molecule has 68 valence electrons. The fourth-order valence-corrected chi connectivity index (χ4v) is 0.887. The molecular formula is C10H12N2O. The van der Waals surface area contributed by atoms with Crippen molar-refractivity contribution in [1.82, 2.24) is 0 Å². The van der Waals surface area contributed by atoms with Gasteiger partial charge in [0.2, 0.25) is 5.91 Å². The van der Waals surface area contributed by atoms with Crippen LogP contribution in [0.15, 0.2) is 35.3 Å².